The molecule has 482 valence electrons. The number of carbonyl (C=O) groups is 6. The summed E-state index contributed by atoms with van der Waals surface area (Å²) in [4.78, 5) is 78.3. The van der Waals surface area contributed by atoms with Crippen molar-refractivity contribution in [2.75, 3.05) is 194 Å². The number of carbonyl (C=O) groups excluding carboxylic acids is 4. The van der Waals surface area contributed by atoms with Gasteiger partial charge in [-0.05, 0) is 70.4 Å². The maximum Gasteiger partial charge on any atom is 0.361 e. The van der Waals surface area contributed by atoms with Crippen molar-refractivity contribution < 1.29 is 115 Å². The van der Waals surface area contributed by atoms with Crippen molar-refractivity contribution in [3.8, 4) is 0 Å². The first kappa shape index (κ1) is 75.7. The highest BCUT2D eigenvalue weighted by Gasteiger charge is 2.69. The van der Waals surface area contributed by atoms with Gasteiger partial charge in [-0.15, -0.1) is 10.2 Å². The molecule has 1 aromatic heterocycles. The van der Waals surface area contributed by atoms with Crippen LogP contribution in [0.15, 0.2) is 19.3 Å². The number of hydrogen-bond donors (Lipinski definition) is 2. The molecular formula is C52H86Br2N6O24. The molecule has 84 heavy (non-hydrogen) atoms. The van der Waals surface area contributed by atoms with Crippen LogP contribution in [0.2, 0.25) is 0 Å². The van der Waals surface area contributed by atoms with Crippen molar-refractivity contribution in [3.05, 3.63) is 20.4 Å². The third kappa shape index (κ3) is 28.8. The lowest BCUT2D eigenvalue weighted by molar-refractivity contribution is -0.167. The zero-order valence-electron chi connectivity index (χ0n) is 48.8. The van der Waals surface area contributed by atoms with E-state index < -0.39 is 46.9 Å². The Morgan fingerprint density at radius 1 is 0.429 bits per heavy atom. The molecule has 1 aromatic rings. The molecule has 0 spiro atoms. The Bertz CT molecular complexity index is 2080. The third-order valence-corrected chi connectivity index (χ3v) is 14.1. The quantitative estimate of drug-likeness (QED) is 0.0407. The number of rotatable bonds is 56. The van der Waals surface area contributed by atoms with Crippen LogP contribution < -0.4 is 0 Å². The number of hydrogen-bond acceptors (Lipinski definition) is 27. The SMILES string of the molecule is COCCOCCOCCOC(=O)c1nnn(CCCCCCOC(=O)/C(Br)=C(\Br)C(=O)OCCCCCCN2N=NC(CCOCCOCCOC)(C(=O)O)C2(CCOCCOCCOC)C(=O)O)c1C(=O)OCCOCCOCCOC. The Labute approximate surface area is 506 Å². The second-order valence-corrected chi connectivity index (χ2v) is 19.6. The van der Waals surface area contributed by atoms with E-state index in [9.17, 15) is 39.0 Å². The van der Waals surface area contributed by atoms with Crippen LogP contribution in [-0.4, -0.2) is 271 Å². The predicted octanol–water partition coefficient (Wildman–Crippen LogP) is 3.63. The van der Waals surface area contributed by atoms with Gasteiger partial charge in [0.2, 0.25) is 11.2 Å². The summed E-state index contributed by atoms with van der Waals surface area (Å²) in [6.45, 7) is 5.00. The van der Waals surface area contributed by atoms with E-state index in [4.69, 9.17) is 75.8 Å². The van der Waals surface area contributed by atoms with E-state index in [2.05, 4.69) is 52.5 Å². The molecule has 1 aliphatic heterocycles. The summed E-state index contributed by atoms with van der Waals surface area (Å²) in [6, 6.07) is 0. The summed E-state index contributed by atoms with van der Waals surface area (Å²) in [5.41, 5.74) is -4.83. The number of unbranched alkanes of at least 4 members (excludes halogenated alkanes) is 6. The summed E-state index contributed by atoms with van der Waals surface area (Å²) in [7, 11) is 6.22. The molecule has 2 heterocycles. The predicted molar refractivity (Wildman–Crippen MR) is 300 cm³/mol. The Kier molecular flexibility index (Phi) is 43.0. The van der Waals surface area contributed by atoms with E-state index in [0.29, 0.717) is 117 Å². The van der Waals surface area contributed by atoms with Gasteiger partial charge in [-0.25, -0.2) is 33.4 Å². The average molecular weight is 1340 g/mol. The van der Waals surface area contributed by atoms with Crippen LogP contribution in [0.4, 0.5) is 0 Å². The Morgan fingerprint density at radius 3 is 1.24 bits per heavy atom. The van der Waals surface area contributed by atoms with Gasteiger partial charge in [-0.3, -0.25) is 5.01 Å². The van der Waals surface area contributed by atoms with Crippen LogP contribution in [0.3, 0.4) is 0 Å². The molecule has 0 saturated heterocycles. The minimum Gasteiger partial charge on any atom is -0.479 e. The van der Waals surface area contributed by atoms with Gasteiger partial charge in [0.15, 0.2) is 11.2 Å². The van der Waals surface area contributed by atoms with E-state index in [0.717, 1.165) is 0 Å². The molecular weight excluding hydrogens is 1250 g/mol. The first-order chi connectivity index (χ1) is 40.8. The average Bonchev–Trinajstić information content (AvgIpc) is 4.23. The molecule has 2 atom stereocenters. The lowest BCUT2D eigenvalue weighted by Crippen LogP contribution is -2.67. The maximum atomic E-state index is 13.3. The highest BCUT2D eigenvalue weighted by molar-refractivity contribution is 9.14. The van der Waals surface area contributed by atoms with Crippen molar-refractivity contribution in [3.63, 3.8) is 0 Å². The molecule has 0 bridgehead atoms. The van der Waals surface area contributed by atoms with Crippen molar-refractivity contribution in [2.24, 2.45) is 10.3 Å². The second kappa shape index (κ2) is 47.7. The monoisotopic (exact) mass is 1340 g/mol. The first-order valence-corrected chi connectivity index (χ1v) is 29.3. The number of methoxy groups -OCH3 is 4. The van der Waals surface area contributed by atoms with E-state index in [1.54, 1.807) is 28.4 Å². The molecule has 0 amide bonds. The highest BCUT2D eigenvalue weighted by atomic mass is 79.9. The molecule has 1 aliphatic rings. The van der Waals surface area contributed by atoms with Crippen LogP contribution in [-0.2, 0) is 102 Å². The molecule has 0 aliphatic carbocycles. The second-order valence-electron chi connectivity index (χ2n) is 18.0. The van der Waals surface area contributed by atoms with Gasteiger partial charge in [0, 0.05) is 67.6 Å². The fraction of sp³-hybridized carbons (Fsp3) is 0.808. The topological polar surface area (TPSA) is 349 Å². The van der Waals surface area contributed by atoms with Gasteiger partial charge < -0.3 is 86.0 Å². The van der Waals surface area contributed by atoms with Crippen LogP contribution in [0.1, 0.15) is 85.2 Å². The van der Waals surface area contributed by atoms with Gasteiger partial charge in [0.25, 0.3) is 0 Å². The standard InChI is InChI=1S/C52H86Br2N6O24/c1-69-21-25-75-31-29-73-19-13-51(49(65)66)52(50(67)68,14-20-74-30-32-76-26-22-70-2)60(58-56-51)16-10-6-8-12-18-82-46(62)42(54)41(53)45(61)81-17-11-7-5-9-15-59-44(48(64)84-40-38-80-36-34-78-28-24-72-4)43(55-57-59)47(63)83-39-37-79-35-33-77-27-23-71-3/h5-40H2,1-4H3,(H,65,66)(H,67,68)/b42-41+. The molecule has 0 fully saturated rings. The van der Waals surface area contributed by atoms with Crippen molar-refractivity contribution >= 4 is 67.7 Å². The summed E-state index contributed by atoms with van der Waals surface area (Å²) < 4.78 is 85.8. The number of aliphatic carboxylic acids is 2. The molecule has 0 aromatic carbocycles. The fourth-order valence-electron chi connectivity index (χ4n) is 7.75. The lowest BCUT2D eigenvalue weighted by atomic mass is 9.72. The Morgan fingerprint density at radius 2 is 0.810 bits per heavy atom. The van der Waals surface area contributed by atoms with E-state index in [1.807, 2.05) is 0 Å². The summed E-state index contributed by atoms with van der Waals surface area (Å²) in [5, 5.41) is 38.8. The minimum absolute atomic E-state index is 0.00944. The Balaban J connectivity index is 1.86. The molecule has 32 heteroatoms. The van der Waals surface area contributed by atoms with Crippen molar-refractivity contribution in [1.82, 2.24) is 20.0 Å². The van der Waals surface area contributed by atoms with Gasteiger partial charge in [-0.1, -0.05) is 23.3 Å². The minimum atomic E-state index is -2.21. The van der Waals surface area contributed by atoms with E-state index in [1.165, 1.54) is 9.69 Å². The number of ether oxygens (including phenoxy) is 16. The zero-order valence-corrected chi connectivity index (χ0v) is 51.9. The number of aryl methyl sites for hydroxylation is 1. The number of carboxylic acid groups (broad SMARTS) is 2. The van der Waals surface area contributed by atoms with Crippen molar-refractivity contribution in [2.45, 2.75) is 81.8 Å². The van der Waals surface area contributed by atoms with E-state index in [-0.39, 0.29) is 139 Å². The van der Waals surface area contributed by atoms with Crippen LogP contribution in [0.5, 0.6) is 0 Å². The summed E-state index contributed by atoms with van der Waals surface area (Å²) in [6.07, 6.45) is 3.45. The number of halogens is 2. The molecule has 30 nitrogen and oxygen atoms in total. The number of nitrogens with zero attached hydrogens (tertiary/aromatic N) is 6. The molecule has 2 rings (SSSR count). The van der Waals surface area contributed by atoms with Crippen molar-refractivity contribution in [1.29, 1.82) is 0 Å². The van der Waals surface area contributed by atoms with Crippen LogP contribution >= 0.6 is 31.9 Å². The molecule has 2 unspecified atom stereocenters. The normalized spacial score (nSPS) is 16.0. The molecule has 0 radical (unpaired) electrons. The lowest BCUT2D eigenvalue weighted by Gasteiger charge is -2.41. The van der Waals surface area contributed by atoms with Crippen LogP contribution in [0.25, 0.3) is 0 Å². The number of aromatic nitrogens is 3. The van der Waals surface area contributed by atoms with Gasteiger partial charge in [0.05, 0.1) is 132 Å². The van der Waals surface area contributed by atoms with Gasteiger partial charge >= 0.3 is 35.8 Å². The summed E-state index contributed by atoms with van der Waals surface area (Å²) >= 11 is 6.23. The maximum absolute atomic E-state index is 13.3. The van der Waals surface area contributed by atoms with E-state index >= 15 is 0 Å². The van der Waals surface area contributed by atoms with Crippen LogP contribution in [0, 0.1) is 0 Å². The number of esters is 4. The molecule has 0 saturated carbocycles. The highest BCUT2D eigenvalue weighted by Crippen LogP contribution is 2.45. The van der Waals surface area contributed by atoms with Gasteiger partial charge in [0.1, 0.15) is 22.2 Å². The third-order valence-electron chi connectivity index (χ3n) is 12.2. The Hall–Kier alpha value is -4.42. The largest absolute Gasteiger partial charge is 0.479 e. The van der Waals surface area contributed by atoms with Gasteiger partial charge in [-0.2, -0.15) is 0 Å². The molecule has 2 N–H and O–H groups in total. The fourth-order valence-corrected chi connectivity index (χ4v) is 8.30. The number of carboxylic acids is 2. The summed E-state index contributed by atoms with van der Waals surface area (Å²) in [5.74, 6) is -6.26. The zero-order chi connectivity index (χ0) is 61.5. The first-order valence-electron chi connectivity index (χ1n) is 27.7. The smallest absolute Gasteiger partial charge is 0.361 e.